The van der Waals surface area contributed by atoms with Crippen LogP contribution in [-0.4, -0.2) is 131 Å². The summed E-state index contributed by atoms with van der Waals surface area (Å²) in [5, 5.41) is -0.330. The fraction of sp³-hybridized carbons (Fsp3) is 0.522. The van der Waals surface area contributed by atoms with Gasteiger partial charge in [-0.25, -0.2) is 9.59 Å². The molecule has 1 fully saturated rings. The van der Waals surface area contributed by atoms with Crippen LogP contribution in [0.5, 0.6) is 46.0 Å². The second-order valence-electron chi connectivity index (χ2n) is 15.8. The molecule has 15 heteroatoms. The van der Waals surface area contributed by atoms with Crippen molar-refractivity contribution in [2.24, 2.45) is 0 Å². The van der Waals surface area contributed by atoms with E-state index in [-0.39, 0.29) is 24.3 Å². The van der Waals surface area contributed by atoms with Gasteiger partial charge in [0.15, 0.2) is 34.5 Å². The molecule has 0 bridgehead atoms. The maximum Gasteiger partial charge on any atom is 0.350 e. The molecule has 3 aromatic rings. The number of nitrogens with zero attached hydrogens (tertiary/aromatic N) is 2. The van der Waals surface area contributed by atoms with Crippen molar-refractivity contribution in [1.82, 2.24) is 0 Å². The lowest BCUT2D eigenvalue weighted by Crippen LogP contribution is -2.52. The lowest BCUT2D eigenvalue weighted by atomic mass is 9.86. The van der Waals surface area contributed by atoms with Crippen molar-refractivity contribution in [3.05, 3.63) is 69.8 Å². The zero-order valence-corrected chi connectivity index (χ0v) is 37.9. The van der Waals surface area contributed by atoms with E-state index in [1.807, 2.05) is 24.3 Å². The van der Waals surface area contributed by atoms with Crippen LogP contribution >= 0.6 is 11.6 Å². The summed E-state index contributed by atoms with van der Waals surface area (Å²) in [6.07, 6.45) is 5.91. The summed E-state index contributed by atoms with van der Waals surface area (Å²) in [5.74, 6) is 3.37. The Kier molecular flexibility index (Phi) is 16.7. The molecule has 2 atom stereocenters. The van der Waals surface area contributed by atoms with Gasteiger partial charge >= 0.3 is 11.9 Å². The molecule has 2 aliphatic rings. The van der Waals surface area contributed by atoms with E-state index in [1.165, 1.54) is 5.56 Å². The number of fused-ring (bicyclic) bond motifs is 1. The van der Waals surface area contributed by atoms with Gasteiger partial charge in [0.1, 0.15) is 17.6 Å². The minimum Gasteiger partial charge on any atom is -0.493 e. The molecule has 0 aromatic heterocycles. The van der Waals surface area contributed by atoms with Crippen LogP contribution in [0.2, 0.25) is 0 Å². The van der Waals surface area contributed by atoms with Crippen molar-refractivity contribution < 1.29 is 65.9 Å². The van der Waals surface area contributed by atoms with Gasteiger partial charge in [0.05, 0.1) is 110 Å². The summed E-state index contributed by atoms with van der Waals surface area (Å²) >= 11 is 6.27. The van der Waals surface area contributed by atoms with Crippen LogP contribution in [0.3, 0.4) is 0 Å². The molecule has 5 rings (SSSR count). The second kappa shape index (κ2) is 21.7. The Labute approximate surface area is 365 Å². The molecule has 2 aliphatic heterocycles. The first kappa shape index (κ1) is 47.0. The molecule has 0 spiro atoms. The molecule has 0 saturated carbocycles. The SMILES string of the molecule is COc1cc2c(cc1OC)C(Cc1cc(OC)c(OC)c(OC)c1)[N+](C)(CCCOC(=O)C(Cl)=CC(=O)OCCC[N+]1(Cc3cc(OC)c(OC)c(OC)c3)CCCC1)CC2. The van der Waals surface area contributed by atoms with Crippen molar-refractivity contribution in [3.8, 4) is 46.0 Å². The number of carbonyl (C=O) groups excluding carboxylic acids is 2. The largest absolute Gasteiger partial charge is 0.493 e. The van der Waals surface area contributed by atoms with Crippen LogP contribution in [0.15, 0.2) is 47.5 Å². The van der Waals surface area contributed by atoms with Gasteiger partial charge in [-0.1, -0.05) is 11.6 Å². The molecule has 0 N–H and O–H groups in total. The molecule has 14 nitrogen and oxygen atoms in total. The molecule has 3 aromatic carbocycles. The van der Waals surface area contributed by atoms with Crippen LogP contribution in [0.25, 0.3) is 0 Å². The predicted molar refractivity (Wildman–Crippen MR) is 231 cm³/mol. The monoisotopic (exact) mass is 870 g/mol. The second-order valence-corrected chi connectivity index (χ2v) is 16.2. The Morgan fingerprint density at radius 2 is 1.15 bits per heavy atom. The number of carbonyl (C=O) groups is 2. The smallest absolute Gasteiger partial charge is 0.350 e. The van der Waals surface area contributed by atoms with E-state index in [1.54, 1.807) is 56.9 Å². The number of rotatable bonds is 22. The van der Waals surface area contributed by atoms with E-state index in [4.69, 9.17) is 59.0 Å². The van der Waals surface area contributed by atoms with Gasteiger partial charge in [-0.2, -0.15) is 0 Å². The maximum absolute atomic E-state index is 12.9. The number of hydrogen-bond donors (Lipinski definition) is 0. The summed E-state index contributed by atoms with van der Waals surface area (Å²) in [6.45, 7) is 5.48. The summed E-state index contributed by atoms with van der Waals surface area (Å²) in [4.78, 5) is 25.6. The van der Waals surface area contributed by atoms with Crippen LogP contribution in [0, 0.1) is 0 Å². The van der Waals surface area contributed by atoms with Crippen LogP contribution in [0.4, 0.5) is 0 Å². The highest BCUT2D eigenvalue weighted by molar-refractivity contribution is 6.42. The highest BCUT2D eigenvalue weighted by Gasteiger charge is 2.40. The molecule has 61 heavy (non-hydrogen) atoms. The van der Waals surface area contributed by atoms with Gasteiger partial charge in [-0.3, -0.25) is 0 Å². The van der Waals surface area contributed by atoms with Crippen molar-refractivity contribution in [1.29, 1.82) is 0 Å². The third kappa shape index (κ3) is 11.3. The molecule has 334 valence electrons. The Hall–Kier alpha value is -5.05. The Morgan fingerprint density at radius 1 is 0.639 bits per heavy atom. The summed E-state index contributed by atoms with van der Waals surface area (Å²) in [5.41, 5.74) is 4.43. The Bertz CT molecular complexity index is 1970. The number of halogens is 1. The summed E-state index contributed by atoms with van der Waals surface area (Å²) in [6, 6.07) is 12.1. The standard InChI is InChI=1S/C46H63ClN2O12/c1-48(19-14-33-27-37(52-2)38(53-3)28-34(33)36(48)22-31-23-39(54-4)44(58-8)40(24-31)55-5)15-12-21-61-46(51)35(47)29-43(50)60-20-13-18-49(16-10-11-17-49)30-32-25-41(56-6)45(59-9)42(26-32)57-7/h23-29,36H,10-22,30H2,1-9H3/q+2. The van der Waals surface area contributed by atoms with Gasteiger partial charge in [0.25, 0.3) is 0 Å². The minimum atomic E-state index is -0.775. The number of quaternary nitrogens is 2. The van der Waals surface area contributed by atoms with Crippen molar-refractivity contribution in [2.45, 2.75) is 51.1 Å². The first-order valence-corrected chi connectivity index (χ1v) is 21.0. The number of hydrogen-bond acceptors (Lipinski definition) is 12. The summed E-state index contributed by atoms with van der Waals surface area (Å²) < 4.78 is 57.5. The van der Waals surface area contributed by atoms with E-state index in [2.05, 4.69) is 19.2 Å². The van der Waals surface area contributed by atoms with E-state index in [9.17, 15) is 9.59 Å². The quantitative estimate of drug-likeness (QED) is 0.0454. The molecule has 0 aliphatic carbocycles. The average molecular weight is 871 g/mol. The third-order valence-corrected chi connectivity index (χ3v) is 12.3. The lowest BCUT2D eigenvalue weighted by Gasteiger charge is -2.46. The first-order valence-electron chi connectivity index (χ1n) is 20.6. The maximum atomic E-state index is 12.9. The number of esters is 2. The van der Waals surface area contributed by atoms with Crippen LogP contribution < -0.4 is 37.9 Å². The normalized spacial score (nSPS) is 18.1. The van der Waals surface area contributed by atoms with Gasteiger partial charge in [-0.15, -0.1) is 0 Å². The number of benzene rings is 3. The molecule has 2 heterocycles. The molecule has 1 saturated heterocycles. The van der Waals surface area contributed by atoms with Gasteiger partial charge in [0.2, 0.25) is 11.5 Å². The van der Waals surface area contributed by atoms with Crippen LogP contribution in [0.1, 0.15) is 54.0 Å². The predicted octanol–water partition coefficient (Wildman–Crippen LogP) is 6.84. The number of ether oxygens (including phenoxy) is 10. The minimum absolute atomic E-state index is 0.00265. The van der Waals surface area contributed by atoms with Gasteiger partial charge in [-0.05, 0) is 47.5 Å². The zero-order valence-electron chi connectivity index (χ0n) is 37.2. The molecule has 2 unspecified atom stereocenters. The number of likely N-dealkylation sites (tertiary alicyclic amines) is 1. The van der Waals surface area contributed by atoms with Gasteiger partial charge < -0.3 is 56.3 Å². The van der Waals surface area contributed by atoms with E-state index >= 15 is 0 Å². The third-order valence-electron chi connectivity index (χ3n) is 12.1. The molecular weight excluding hydrogens is 808 g/mol. The highest BCUT2D eigenvalue weighted by Crippen LogP contribution is 2.45. The molecular formula is C46H63ClN2O12+2. The number of likely N-dealkylation sites (N-methyl/N-ethyl adjacent to an activating group) is 1. The molecule has 0 radical (unpaired) electrons. The topological polar surface area (TPSA) is 126 Å². The van der Waals surface area contributed by atoms with Crippen molar-refractivity contribution in [3.63, 3.8) is 0 Å². The number of methoxy groups -OCH3 is 8. The average Bonchev–Trinajstić information content (AvgIpc) is 3.74. The van der Waals surface area contributed by atoms with E-state index in [0.717, 1.165) is 79.2 Å². The van der Waals surface area contributed by atoms with Crippen molar-refractivity contribution >= 4 is 23.5 Å². The van der Waals surface area contributed by atoms with E-state index in [0.29, 0.717) is 76.3 Å². The highest BCUT2D eigenvalue weighted by atomic mass is 35.5. The lowest BCUT2D eigenvalue weighted by molar-refractivity contribution is -0.941. The first-order chi connectivity index (χ1) is 29.4. The van der Waals surface area contributed by atoms with E-state index < -0.39 is 11.9 Å². The Morgan fingerprint density at radius 3 is 1.69 bits per heavy atom. The van der Waals surface area contributed by atoms with Crippen molar-refractivity contribution in [2.75, 3.05) is 110 Å². The fourth-order valence-corrected chi connectivity index (χ4v) is 9.07. The Balaban J connectivity index is 1.17. The fourth-order valence-electron chi connectivity index (χ4n) is 8.92. The van der Waals surface area contributed by atoms with Gasteiger partial charge in [0, 0.05) is 55.7 Å². The molecule has 0 amide bonds. The van der Waals surface area contributed by atoms with Crippen LogP contribution in [-0.2, 0) is 38.4 Å². The zero-order chi connectivity index (χ0) is 44.2. The summed E-state index contributed by atoms with van der Waals surface area (Å²) in [7, 11) is 15.1.